The molecule has 1 N–H and O–H groups in total. The Balaban J connectivity index is 1.51. The molecule has 2 aromatic carbocycles. The van der Waals surface area contributed by atoms with Gasteiger partial charge in [-0.1, -0.05) is 49.4 Å². The van der Waals surface area contributed by atoms with E-state index >= 15 is 0 Å². The Morgan fingerprint density at radius 1 is 1.11 bits per heavy atom. The molecule has 0 saturated carbocycles. The topological polar surface area (TPSA) is 63.6 Å². The molecular weight excluding hydrogens is 368 g/mol. The van der Waals surface area contributed by atoms with Crippen LogP contribution >= 0.6 is 11.3 Å². The number of para-hydroxylation sites is 2. The Kier molecular flexibility index (Phi) is 4.06. The first-order valence-corrected chi connectivity index (χ1v) is 9.98. The smallest absolute Gasteiger partial charge is 0.262 e. The lowest BCUT2D eigenvalue weighted by Gasteiger charge is -2.08. The molecule has 1 unspecified atom stereocenters. The number of rotatable bonds is 4. The molecule has 5 aromatic rings. The van der Waals surface area contributed by atoms with Crippen molar-refractivity contribution in [3.8, 4) is 0 Å². The molecule has 5 nitrogen and oxygen atoms in total. The summed E-state index contributed by atoms with van der Waals surface area (Å²) in [6, 6.07) is 20.2. The molecule has 3 heterocycles. The highest BCUT2D eigenvalue weighted by Crippen LogP contribution is 2.32. The highest BCUT2D eigenvalue weighted by Gasteiger charge is 2.15. The lowest BCUT2D eigenvalue weighted by Crippen LogP contribution is -2.21. The molecule has 0 saturated heterocycles. The quantitative estimate of drug-likeness (QED) is 0.493. The van der Waals surface area contributed by atoms with Gasteiger partial charge in [-0.25, -0.2) is 9.97 Å². The molecule has 3 aromatic heterocycles. The summed E-state index contributed by atoms with van der Waals surface area (Å²) >= 11 is 1.59. The van der Waals surface area contributed by atoms with Crippen molar-refractivity contribution in [2.45, 2.75) is 19.4 Å². The predicted molar refractivity (Wildman–Crippen MR) is 113 cm³/mol. The lowest BCUT2D eigenvalue weighted by molar-refractivity contribution is 0.718. The Bertz CT molecular complexity index is 1300. The molecule has 0 spiro atoms. The molecule has 0 aliphatic carbocycles. The first kappa shape index (κ1) is 16.9. The van der Waals surface area contributed by atoms with Crippen LogP contribution in [0.2, 0.25) is 0 Å². The van der Waals surface area contributed by atoms with Crippen molar-refractivity contribution in [3.05, 3.63) is 93.6 Å². The molecule has 0 bridgehead atoms. The van der Waals surface area contributed by atoms with Gasteiger partial charge in [-0.05, 0) is 23.8 Å². The third-order valence-corrected chi connectivity index (χ3v) is 6.25. The summed E-state index contributed by atoms with van der Waals surface area (Å²) in [7, 11) is 0. The average Bonchev–Trinajstić information content (AvgIpc) is 3.34. The number of fused-ring (bicyclic) bond motifs is 2. The van der Waals surface area contributed by atoms with Gasteiger partial charge < -0.3 is 4.98 Å². The first-order chi connectivity index (χ1) is 13.7. The fraction of sp³-hybridized carbons (Fsp3) is 0.136. The SMILES string of the molecule is CC(c1ccccc1)c1cc2c(=O)n(Cc3nc4ccccc4[nH]3)cnc2s1. The van der Waals surface area contributed by atoms with Crippen LogP contribution in [-0.4, -0.2) is 19.5 Å². The van der Waals surface area contributed by atoms with E-state index < -0.39 is 0 Å². The summed E-state index contributed by atoms with van der Waals surface area (Å²) in [5.74, 6) is 0.973. The van der Waals surface area contributed by atoms with E-state index in [1.54, 1.807) is 22.2 Å². The van der Waals surface area contributed by atoms with Gasteiger partial charge in [-0.15, -0.1) is 11.3 Å². The third kappa shape index (κ3) is 2.92. The van der Waals surface area contributed by atoms with Crippen molar-refractivity contribution in [2.24, 2.45) is 0 Å². The van der Waals surface area contributed by atoms with E-state index in [2.05, 4.69) is 34.0 Å². The molecule has 0 aliphatic rings. The summed E-state index contributed by atoms with van der Waals surface area (Å²) in [6.45, 7) is 2.53. The van der Waals surface area contributed by atoms with E-state index in [-0.39, 0.29) is 11.5 Å². The minimum absolute atomic E-state index is 0.0341. The van der Waals surface area contributed by atoms with Crippen molar-refractivity contribution < 1.29 is 0 Å². The van der Waals surface area contributed by atoms with Crippen LogP contribution in [0.1, 0.15) is 29.1 Å². The zero-order valence-electron chi connectivity index (χ0n) is 15.3. The van der Waals surface area contributed by atoms with Gasteiger partial charge in [0, 0.05) is 10.8 Å². The summed E-state index contributed by atoms with van der Waals surface area (Å²) in [4.78, 5) is 27.3. The monoisotopic (exact) mass is 386 g/mol. The highest BCUT2D eigenvalue weighted by molar-refractivity contribution is 7.18. The second kappa shape index (κ2) is 6.73. The molecule has 0 aliphatic heterocycles. The minimum Gasteiger partial charge on any atom is -0.340 e. The van der Waals surface area contributed by atoms with Crippen molar-refractivity contribution in [3.63, 3.8) is 0 Å². The number of hydrogen-bond acceptors (Lipinski definition) is 4. The Morgan fingerprint density at radius 2 is 1.89 bits per heavy atom. The van der Waals surface area contributed by atoms with E-state index in [0.717, 1.165) is 26.6 Å². The van der Waals surface area contributed by atoms with Crippen LogP contribution in [-0.2, 0) is 6.54 Å². The van der Waals surface area contributed by atoms with E-state index in [1.165, 1.54) is 5.56 Å². The largest absolute Gasteiger partial charge is 0.340 e. The van der Waals surface area contributed by atoms with Crippen LogP contribution < -0.4 is 5.56 Å². The predicted octanol–water partition coefficient (Wildman–Crippen LogP) is 4.53. The number of nitrogens with one attached hydrogen (secondary N) is 1. The van der Waals surface area contributed by atoms with Crippen LogP contribution in [0.15, 0.2) is 71.8 Å². The molecule has 1 atom stereocenters. The summed E-state index contributed by atoms with van der Waals surface area (Å²) in [5.41, 5.74) is 3.06. The second-order valence-electron chi connectivity index (χ2n) is 6.88. The second-order valence-corrected chi connectivity index (χ2v) is 7.94. The normalized spacial score (nSPS) is 12.6. The maximum absolute atomic E-state index is 13.0. The van der Waals surface area contributed by atoms with Gasteiger partial charge in [0.05, 0.1) is 29.3 Å². The first-order valence-electron chi connectivity index (χ1n) is 9.16. The number of hydrogen-bond donors (Lipinski definition) is 1. The summed E-state index contributed by atoms with van der Waals surface area (Å²) in [5, 5.41) is 0.668. The van der Waals surface area contributed by atoms with Crippen LogP contribution in [0.5, 0.6) is 0 Å². The highest BCUT2D eigenvalue weighted by atomic mass is 32.1. The molecule has 28 heavy (non-hydrogen) atoms. The zero-order valence-corrected chi connectivity index (χ0v) is 16.1. The summed E-state index contributed by atoms with van der Waals surface area (Å²) < 4.78 is 1.61. The van der Waals surface area contributed by atoms with Crippen LogP contribution in [0.25, 0.3) is 21.3 Å². The van der Waals surface area contributed by atoms with Crippen molar-refractivity contribution in [1.82, 2.24) is 19.5 Å². The molecule has 0 fully saturated rings. The average molecular weight is 386 g/mol. The number of aromatic nitrogens is 4. The van der Waals surface area contributed by atoms with E-state index in [9.17, 15) is 4.79 Å². The van der Waals surface area contributed by atoms with Gasteiger partial charge in [0.2, 0.25) is 0 Å². The van der Waals surface area contributed by atoms with E-state index in [4.69, 9.17) is 0 Å². The molecule has 0 amide bonds. The molecule has 6 heteroatoms. The maximum Gasteiger partial charge on any atom is 0.262 e. The molecule has 0 radical (unpaired) electrons. The Morgan fingerprint density at radius 3 is 2.71 bits per heavy atom. The number of benzene rings is 2. The fourth-order valence-corrected chi connectivity index (χ4v) is 4.52. The third-order valence-electron chi connectivity index (χ3n) is 5.02. The van der Waals surface area contributed by atoms with Crippen molar-refractivity contribution in [2.75, 3.05) is 0 Å². The molecule has 5 rings (SSSR count). The van der Waals surface area contributed by atoms with E-state index in [1.807, 2.05) is 48.5 Å². The number of thiophene rings is 1. The van der Waals surface area contributed by atoms with Gasteiger partial charge in [-0.3, -0.25) is 9.36 Å². The Labute approximate surface area is 165 Å². The Hall–Kier alpha value is -3.25. The van der Waals surface area contributed by atoms with Gasteiger partial charge >= 0.3 is 0 Å². The fourth-order valence-electron chi connectivity index (χ4n) is 3.45. The van der Waals surface area contributed by atoms with Gasteiger partial charge in [-0.2, -0.15) is 0 Å². The van der Waals surface area contributed by atoms with Gasteiger partial charge in [0.1, 0.15) is 10.7 Å². The van der Waals surface area contributed by atoms with Crippen molar-refractivity contribution in [1.29, 1.82) is 0 Å². The maximum atomic E-state index is 13.0. The van der Waals surface area contributed by atoms with E-state index in [0.29, 0.717) is 11.9 Å². The van der Waals surface area contributed by atoms with Crippen molar-refractivity contribution >= 4 is 32.6 Å². The van der Waals surface area contributed by atoms with Crippen LogP contribution in [0.4, 0.5) is 0 Å². The number of imidazole rings is 1. The van der Waals surface area contributed by atoms with Crippen LogP contribution in [0.3, 0.4) is 0 Å². The zero-order chi connectivity index (χ0) is 19.1. The molecule has 138 valence electrons. The lowest BCUT2D eigenvalue weighted by atomic mass is 10.00. The van der Waals surface area contributed by atoms with Gasteiger partial charge in [0.25, 0.3) is 5.56 Å². The van der Waals surface area contributed by atoms with Gasteiger partial charge in [0.15, 0.2) is 0 Å². The number of nitrogens with zero attached hydrogens (tertiary/aromatic N) is 3. The minimum atomic E-state index is -0.0341. The number of H-pyrrole nitrogens is 1. The molecular formula is C22H18N4OS. The van der Waals surface area contributed by atoms with Crippen LogP contribution in [0, 0.1) is 0 Å². The number of aromatic amines is 1. The summed E-state index contributed by atoms with van der Waals surface area (Å²) in [6.07, 6.45) is 1.62. The standard InChI is InChI=1S/C22H18N4OS/c1-14(15-7-3-2-4-8-15)19-11-16-21(28-19)23-13-26(22(16)27)12-20-24-17-9-5-6-10-18(17)25-20/h2-11,13-14H,12H2,1H3,(H,24,25).